The van der Waals surface area contributed by atoms with Crippen LogP contribution >= 0.6 is 11.3 Å². The van der Waals surface area contributed by atoms with Crippen molar-refractivity contribution in [3.8, 4) is 16.9 Å². The van der Waals surface area contributed by atoms with Crippen LogP contribution in [0.15, 0.2) is 66.2 Å². The third-order valence-electron chi connectivity index (χ3n) is 9.62. The Bertz CT molecular complexity index is 1990. The van der Waals surface area contributed by atoms with Crippen LogP contribution in [0.2, 0.25) is 0 Å². The lowest BCUT2D eigenvalue weighted by atomic mass is 9.87. The van der Waals surface area contributed by atoms with Crippen LogP contribution in [0.1, 0.15) is 55.6 Å². The average Bonchev–Trinajstić information content (AvgIpc) is 3.69. The minimum Gasteiger partial charge on any atom is -0.495 e. The fourth-order valence-corrected chi connectivity index (χ4v) is 7.86. The van der Waals surface area contributed by atoms with Crippen molar-refractivity contribution in [3.05, 3.63) is 77.4 Å². The van der Waals surface area contributed by atoms with Gasteiger partial charge in [0.1, 0.15) is 17.3 Å². The minimum atomic E-state index is -0.391. The van der Waals surface area contributed by atoms with E-state index < -0.39 is 5.79 Å². The van der Waals surface area contributed by atoms with Crippen molar-refractivity contribution in [2.75, 3.05) is 37.9 Å². The van der Waals surface area contributed by atoms with E-state index in [1.54, 1.807) is 18.4 Å². The molecule has 1 saturated heterocycles. The van der Waals surface area contributed by atoms with Crippen molar-refractivity contribution < 1.29 is 19.0 Å². The van der Waals surface area contributed by atoms with Gasteiger partial charge in [0, 0.05) is 76.2 Å². The van der Waals surface area contributed by atoms with E-state index in [1.165, 1.54) is 0 Å². The highest BCUT2D eigenvalue weighted by atomic mass is 32.1. The second kappa shape index (κ2) is 13.0. The van der Waals surface area contributed by atoms with Gasteiger partial charge in [0.15, 0.2) is 5.79 Å². The second-order valence-corrected chi connectivity index (χ2v) is 14.6. The number of hydrogen-bond acceptors (Lipinski definition) is 8. The van der Waals surface area contributed by atoms with Crippen LogP contribution < -0.4 is 21.1 Å². The highest BCUT2D eigenvalue weighted by Gasteiger charge is 2.43. The number of para-hydroxylation sites is 1. The average molecular weight is 666 g/mol. The molecule has 3 aromatic heterocycles. The molecule has 48 heavy (non-hydrogen) atoms. The molecule has 1 amide bonds. The van der Waals surface area contributed by atoms with E-state index in [4.69, 9.17) is 19.9 Å². The number of aryl methyl sites for hydroxylation is 1. The van der Waals surface area contributed by atoms with Crippen LogP contribution in [0.3, 0.4) is 0 Å². The molecule has 4 heterocycles. The van der Waals surface area contributed by atoms with E-state index in [0.717, 1.165) is 83.1 Å². The van der Waals surface area contributed by atoms with Crippen LogP contribution in [0.4, 0.5) is 11.5 Å². The first-order valence-corrected chi connectivity index (χ1v) is 17.4. The molecular weight excluding hydrogens is 623 g/mol. The highest BCUT2D eigenvalue weighted by Crippen LogP contribution is 2.42. The summed E-state index contributed by atoms with van der Waals surface area (Å²) >= 11 is 1.64. The summed E-state index contributed by atoms with van der Waals surface area (Å²) in [5.41, 5.74) is 11.6. The molecule has 4 N–H and O–H groups in total. The van der Waals surface area contributed by atoms with Crippen molar-refractivity contribution in [2.24, 2.45) is 12.5 Å². The number of nitrogens with two attached hydrogens (primary N) is 1. The molecule has 0 bridgehead atoms. The van der Waals surface area contributed by atoms with Gasteiger partial charge in [0.25, 0.3) is 5.91 Å². The number of nitrogens with one attached hydrogen (secondary N) is 2. The van der Waals surface area contributed by atoms with Gasteiger partial charge in [0.2, 0.25) is 0 Å². The van der Waals surface area contributed by atoms with Crippen molar-refractivity contribution in [3.63, 3.8) is 0 Å². The number of nitrogen functional groups attached to an aromatic ring is 1. The number of fused-ring (bicyclic) bond motifs is 2. The molecule has 7 rings (SSSR count). The van der Waals surface area contributed by atoms with E-state index >= 15 is 0 Å². The lowest BCUT2D eigenvalue weighted by Crippen LogP contribution is -2.51. The molecule has 1 aliphatic heterocycles. The largest absolute Gasteiger partial charge is 0.495 e. The standard InChI is InChI=1S/C38H43N5O4S/c1-37(2)22-46-38(47-23-37)15-13-27(14-16-38)40-17-7-9-26-20-41-35(39)33-28(21-48-34(26)33)24-11-12-29(32(19-24)45-4)42-36(44)31-18-25-8-5-6-10-30(25)43(31)3/h5-12,18-21,27,40H,13-17,22-23H2,1-4H3,(H2,39,41)(H,42,44). The van der Waals surface area contributed by atoms with Crippen LogP contribution in [-0.2, 0) is 16.5 Å². The second-order valence-electron chi connectivity index (χ2n) is 13.7. The number of rotatable bonds is 8. The first-order chi connectivity index (χ1) is 23.2. The first-order valence-electron chi connectivity index (χ1n) is 16.5. The van der Waals surface area contributed by atoms with Crippen molar-refractivity contribution in [2.45, 2.75) is 51.4 Å². The molecule has 1 saturated carbocycles. The first kappa shape index (κ1) is 32.3. The SMILES string of the molecule is COc1cc(-c2csc3c(C=CCNC4CCC5(CC4)OCC(C)(C)CO5)cnc(N)c23)ccc1NC(=O)c1cc2ccccc2n1C. The number of methoxy groups -OCH3 is 1. The van der Waals surface area contributed by atoms with Gasteiger partial charge in [0.05, 0.1) is 26.0 Å². The van der Waals surface area contributed by atoms with Gasteiger partial charge in [-0.2, -0.15) is 0 Å². The van der Waals surface area contributed by atoms with Crippen molar-refractivity contribution in [1.82, 2.24) is 14.9 Å². The Morgan fingerprint density at radius 3 is 2.67 bits per heavy atom. The Morgan fingerprint density at radius 2 is 1.92 bits per heavy atom. The van der Waals surface area contributed by atoms with Gasteiger partial charge in [-0.3, -0.25) is 4.79 Å². The summed E-state index contributed by atoms with van der Waals surface area (Å²) in [6, 6.07) is 16.1. The number of aromatic nitrogens is 2. The zero-order chi connectivity index (χ0) is 33.5. The van der Waals surface area contributed by atoms with E-state index in [9.17, 15) is 4.79 Å². The maximum atomic E-state index is 13.3. The number of ether oxygens (including phenoxy) is 3. The fourth-order valence-electron chi connectivity index (χ4n) is 6.78. The third kappa shape index (κ3) is 6.33. The molecule has 1 spiro atoms. The molecule has 2 aliphatic rings. The van der Waals surface area contributed by atoms with Gasteiger partial charge >= 0.3 is 0 Å². The van der Waals surface area contributed by atoms with Crippen molar-refractivity contribution >= 4 is 55.8 Å². The topological polar surface area (TPSA) is 113 Å². The van der Waals surface area contributed by atoms with Gasteiger partial charge in [-0.1, -0.05) is 50.3 Å². The summed E-state index contributed by atoms with van der Waals surface area (Å²) in [5.74, 6) is 0.447. The quantitative estimate of drug-likeness (QED) is 0.156. The molecular formula is C38H43N5O4S. The molecule has 10 heteroatoms. The Labute approximate surface area is 285 Å². The number of hydrogen-bond donors (Lipinski definition) is 3. The van der Waals surface area contributed by atoms with E-state index in [1.807, 2.05) is 66.3 Å². The molecule has 1 aliphatic carbocycles. The minimum absolute atomic E-state index is 0.0898. The Morgan fingerprint density at radius 1 is 1.15 bits per heavy atom. The van der Waals surface area contributed by atoms with Crippen LogP contribution in [0.25, 0.3) is 38.2 Å². The fraction of sp³-hybridized carbons (Fsp3) is 0.368. The number of nitrogens with zero attached hydrogens (tertiary/aromatic N) is 2. The van der Waals surface area contributed by atoms with E-state index in [2.05, 4.69) is 47.0 Å². The van der Waals surface area contributed by atoms with Crippen LogP contribution in [0.5, 0.6) is 5.75 Å². The normalized spacial score (nSPS) is 17.8. The number of pyridine rings is 1. The molecule has 0 atom stereocenters. The number of carbonyl (C=O) groups is 1. The van der Waals surface area contributed by atoms with Gasteiger partial charge in [-0.15, -0.1) is 11.3 Å². The number of thiophene rings is 1. The zero-order valence-electron chi connectivity index (χ0n) is 28.0. The lowest BCUT2D eigenvalue weighted by molar-refractivity contribution is -0.311. The lowest BCUT2D eigenvalue weighted by Gasteiger charge is -2.46. The van der Waals surface area contributed by atoms with E-state index in [0.29, 0.717) is 29.0 Å². The summed E-state index contributed by atoms with van der Waals surface area (Å²) in [6.45, 7) is 6.65. The molecule has 5 aromatic rings. The predicted octanol–water partition coefficient (Wildman–Crippen LogP) is 7.61. The highest BCUT2D eigenvalue weighted by molar-refractivity contribution is 7.18. The monoisotopic (exact) mass is 665 g/mol. The van der Waals surface area contributed by atoms with Gasteiger partial charge < -0.3 is 35.1 Å². The molecule has 2 aromatic carbocycles. The molecule has 250 valence electrons. The molecule has 2 fully saturated rings. The molecule has 0 radical (unpaired) electrons. The van der Waals surface area contributed by atoms with Crippen LogP contribution in [-0.4, -0.2) is 54.2 Å². The molecule has 0 unspecified atom stereocenters. The Hall–Kier alpha value is -4.22. The van der Waals surface area contributed by atoms with Crippen LogP contribution in [0, 0.1) is 5.41 Å². The number of anilines is 2. The smallest absolute Gasteiger partial charge is 0.272 e. The number of benzene rings is 2. The van der Waals surface area contributed by atoms with E-state index in [-0.39, 0.29) is 11.3 Å². The summed E-state index contributed by atoms with van der Waals surface area (Å²) in [4.78, 5) is 17.8. The Kier molecular flexibility index (Phi) is 8.76. The number of carbonyl (C=O) groups excluding carboxylic acids is 1. The number of amides is 1. The predicted molar refractivity (Wildman–Crippen MR) is 195 cm³/mol. The summed E-state index contributed by atoms with van der Waals surface area (Å²) in [6.07, 6.45) is 10.0. The molecule has 9 nitrogen and oxygen atoms in total. The van der Waals surface area contributed by atoms with Gasteiger partial charge in [-0.05, 0) is 48.1 Å². The maximum absolute atomic E-state index is 13.3. The summed E-state index contributed by atoms with van der Waals surface area (Å²) in [5, 5.41) is 10.8. The summed E-state index contributed by atoms with van der Waals surface area (Å²) in [7, 11) is 3.50. The third-order valence-corrected chi connectivity index (χ3v) is 10.6. The maximum Gasteiger partial charge on any atom is 0.272 e. The zero-order valence-corrected chi connectivity index (χ0v) is 28.8. The van der Waals surface area contributed by atoms with Crippen molar-refractivity contribution in [1.29, 1.82) is 0 Å². The summed E-state index contributed by atoms with van der Waals surface area (Å²) < 4.78 is 21.1. The Balaban J connectivity index is 1.03. The van der Waals surface area contributed by atoms with Gasteiger partial charge in [-0.25, -0.2) is 4.98 Å².